The summed E-state index contributed by atoms with van der Waals surface area (Å²) in [5.74, 6) is 0.143. The van der Waals surface area contributed by atoms with Gasteiger partial charge < -0.3 is 9.88 Å². The molecule has 0 spiro atoms. The number of carbonyl (C=O) groups excluding carboxylic acids is 1. The number of piperidine rings is 1. The molecule has 1 saturated heterocycles. The molecule has 0 radical (unpaired) electrons. The number of hydrogen-bond acceptors (Lipinski definition) is 4. The topological polar surface area (TPSA) is 84.3 Å². The van der Waals surface area contributed by atoms with Crippen LogP contribution in [0, 0.1) is 18.7 Å². The lowest BCUT2D eigenvalue weighted by Crippen LogP contribution is -2.43. The number of benzene rings is 2. The molecule has 9 heteroatoms. The number of sulfonamides is 1. The van der Waals surface area contributed by atoms with Crippen molar-refractivity contribution in [2.75, 3.05) is 19.6 Å². The van der Waals surface area contributed by atoms with Gasteiger partial charge in [0.25, 0.3) is 0 Å². The first kappa shape index (κ1) is 21.5. The van der Waals surface area contributed by atoms with E-state index in [1.54, 1.807) is 0 Å². The molecule has 1 aliphatic heterocycles. The van der Waals surface area contributed by atoms with E-state index in [0.29, 0.717) is 25.9 Å². The number of rotatable bonds is 6. The number of carbonyl (C=O) groups is 1. The van der Waals surface area contributed by atoms with Crippen LogP contribution in [0.1, 0.15) is 18.7 Å². The van der Waals surface area contributed by atoms with Crippen LogP contribution in [0.15, 0.2) is 53.4 Å². The average molecular weight is 445 g/mol. The van der Waals surface area contributed by atoms with Crippen LogP contribution in [0.3, 0.4) is 0 Å². The van der Waals surface area contributed by atoms with Crippen LogP contribution in [-0.2, 0) is 21.4 Å². The van der Waals surface area contributed by atoms with Crippen molar-refractivity contribution >= 4 is 27.0 Å². The molecule has 0 unspecified atom stereocenters. The van der Waals surface area contributed by atoms with Crippen molar-refractivity contribution in [3.05, 3.63) is 60.2 Å². The van der Waals surface area contributed by atoms with Crippen LogP contribution >= 0.6 is 0 Å². The van der Waals surface area contributed by atoms with Gasteiger partial charge in [0.05, 0.1) is 15.9 Å². The summed E-state index contributed by atoms with van der Waals surface area (Å²) in [6, 6.07) is 12.7. The van der Waals surface area contributed by atoms with E-state index in [1.165, 1.54) is 16.4 Å². The van der Waals surface area contributed by atoms with Crippen LogP contribution in [0.4, 0.5) is 4.39 Å². The fourth-order valence-corrected chi connectivity index (χ4v) is 5.50. The molecular weight excluding hydrogens is 419 g/mol. The molecular formula is C22H25FN4O3S. The minimum atomic E-state index is -3.68. The van der Waals surface area contributed by atoms with Crippen molar-refractivity contribution in [3.8, 4) is 0 Å². The predicted octanol–water partition coefficient (Wildman–Crippen LogP) is 2.70. The number of nitrogens with one attached hydrogen (secondary N) is 1. The second kappa shape index (κ2) is 8.76. The molecule has 0 aliphatic carbocycles. The number of halogens is 1. The van der Waals surface area contributed by atoms with Gasteiger partial charge in [0.2, 0.25) is 15.9 Å². The Morgan fingerprint density at radius 2 is 1.81 bits per heavy atom. The molecule has 1 aliphatic rings. The number of amides is 1. The molecule has 1 N–H and O–H groups in total. The first-order valence-corrected chi connectivity index (χ1v) is 11.8. The minimum Gasteiger partial charge on any atom is -0.354 e. The van der Waals surface area contributed by atoms with Crippen molar-refractivity contribution in [3.63, 3.8) is 0 Å². The Labute approximate surface area is 180 Å². The molecule has 2 aromatic carbocycles. The summed E-state index contributed by atoms with van der Waals surface area (Å²) in [6.45, 7) is 3.58. The average Bonchev–Trinajstić information content (AvgIpc) is 3.09. The van der Waals surface area contributed by atoms with Crippen molar-refractivity contribution in [1.82, 2.24) is 19.2 Å². The van der Waals surface area contributed by atoms with Crippen molar-refractivity contribution < 1.29 is 17.6 Å². The molecule has 1 fully saturated rings. The molecule has 1 aromatic heterocycles. The van der Waals surface area contributed by atoms with Crippen molar-refractivity contribution in [1.29, 1.82) is 0 Å². The zero-order chi connectivity index (χ0) is 22.0. The Bertz CT molecular complexity index is 1180. The van der Waals surface area contributed by atoms with Crippen LogP contribution in [0.2, 0.25) is 0 Å². The number of imidazole rings is 1. The highest BCUT2D eigenvalue weighted by atomic mass is 32.2. The number of aryl methyl sites for hydroxylation is 1. The second-order valence-corrected chi connectivity index (χ2v) is 9.66. The lowest BCUT2D eigenvalue weighted by atomic mass is 9.97. The van der Waals surface area contributed by atoms with E-state index in [1.807, 2.05) is 31.2 Å². The maximum atomic E-state index is 13.1. The summed E-state index contributed by atoms with van der Waals surface area (Å²) >= 11 is 0. The zero-order valence-corrected chi connectivity index (χ0v) is 18.1. The van der Waals surface area contributed by atoms with Crippen molar-refractivity contribution in [2.45, 2.75) is 31.2 Å². The first-order chi connectivity index (χ1) is 14.9. The third-order valence-corrected chi connectivity index (χ3v) is 7.67. The Morgan fingerprint density at radius 1 is 1.13 bits per heavy atom. The molecule has 7 nitrogen and oxygen atoms in total. The fourth-order valence-electron chi connectivity index (χ4n) is 4.03. The van der Waals surface area contributed by atoms with E-state index < -0.39 is 15.8 Å². The molecule has 31 heavy (non-hydrogen) atoms. The van der Waals surface area contributed by atoms with Gasteiger partial charge in [-0.1, -0.05) is 12.1 Å². The lowest BCUT2D eigenvalue weighted by molar-refractivity contribution is -0.126. The van der Waals surface area contributed by atoms with Crippen LogP contribution in [-0.4, -0.2) is 47.8 Å². The molecule has 0 atom stereocenters. The lowest BCUT2D eigenvalue weighted by Gasteiger charge is -2.30. The number of fused-ring (bicyclic) bond motifs is 1. The van der Waals surface area contributed by atoms with Gasteiger partial charge in [0, 0.05) is 32.1 Å². The van der Waals surface area contributed by atoms with Gasteiger partial charge in [-0.3, -0.25) is 4.79 Å². The standard InChI is InChI=1S/C22H25FN4O3S/c1-16-25-20-4-2-3-5-21(20)27(16)15-12-24-22(28)17-10-13-26(14-11-17)31(29,30)19-8-6-18(23)7-9-19/h2-9,17H,10-15H2,1H3,(H,24,28). The Kier molecular flexibility index (Phi) is 6.06. The van der Waals surface area contributed by atoms with E-state index in [4.69, 9.17) is 0 Å². The van der Waals surface area contributed by atoms with Crippen LogP contribution in [0.5, 0.6) is 0 Å². The predicted molar refractivity (Wildman–Crippen MR) is 115 cm³/mol. The van der Waals surface area contributed by atoms with Crippen molar-refractivity contribution in [2.24, 2.45) is 5.92 Å². The highest BCUT2D eigenvalue weighted by Crippen LogP contribution is 2.24. The van der Waals surface area contributed by atoms with Gasteiger partial charge in [0.1, 0.15) is 11.6 Å². The molecule has 164 valence electrons. The van der Waals surface area contributed by atoms with Gasteiger partial charge in [0.15, 0.2) is 0 Å². The molecule has 3 aromatic rings. The number of para-hydroxylation sites is 2. The zero-order valence-electron chi connectivity index (χ0n) is 17.3. The molecule has 0 bridgehead atoms. The van der Waals surface area contributed by atoms with E-state index in [9.17, 15) is 17.6 Å². The fraction of sp³-hybridized carbons (Fsp3) is 0.364. The quantitative estimate of drug-likeness (QED) is 0.634. The van der Waals surface area contributed by atoms with Gasteiger partial charge in [-0.25, -0.2) is 17.8 Å². The first-order valence-electron chi connectivity index (χ1n) is 10.3. The van der Waals surface area contributed by atoms with E-state index in [2.05, 4.69) is 14.9 Å². The summed E-state index contributed by atoms with van der Waals surface area (Å²) in [5, 5.41) is 2.98. The van der Waals surface area contributed by atoms with Gasteiger partial charge in [-0.15, -0.1) is 0 Å². The summed E-state index contributed by atoms with van der Waals surface area (Å²) < 4.78 is 42.0. The number of aromatic nitrogens is 2. The highest BCUT2D eigenvalue weighted by Gasteiger charge is 2.32. The molecule has 4 rings (SSSR count). The summed E-state index contributed by atoms with van der Waals surface area (Å²) in [4.78, 5) is 17.2. The molecule has 1 amide bonds. The van der Waals surface area contributed by atoms with E-state index >= 15 is 0 Å². The maximum Gasteiger partial charge on any atom is 0.243 e. The third kappa shape index (κ3) is 4.47. The summed E-state index contributed by atoms with van der Waals surface area (Å²) in [5.41, 5.74) is 1.97. The number of hydrogen-bond donors (Lipinski definition) is 1. The van der Waals surface area contributed by atoms with E-state index in [-0.39, 0.29) is 29.8 Å². The Morgan fingerprint density at radius 3 is 2.52 bits per heavy atom. The van der Waals surface area contributed by atoms with Crippen LogP contribution in [0.25, 0.3) is 11.0 Å². The Hall–Kier alpha value is -2.78. The second-order valence-electron chi connectivity index (χ2n) is 7.72. The third-order valence-electron chi connectivity index (χ3n) is 5.76. The Balaban J connectivity index is 1.30. The summed E-state index contributed by atoms with van der Waals surface area (Å²) in [7, 11) is -3.68. The van der Waals surface area contributed by atoms with Gasteiger partial charge >= 0.3 is 0 Å². The number of nitrogens with zero attached hydrogens (tertiary/aromatic N) is 3. The van der Waals surface area contributed by atoms with Gasteiger partial charge in [-0.05, 0) is 56.2 Å². The monoisotopic (exact) mass is 444 g/mol. The molecule has 2 heterocycles. The summed E-state index contributed by atoms with van der Waals surface area (Å²) in [6.07, 6.45) is 0.915. The normalized spacial score (nSPS) is 15.9. The van der Waals surface area contributed by atoms with E-state index in [0.717, 1.165) is 29.0 Å². The molecule has 0 saturated carbocycles. The minimum absolute atomic E-state index is 0.0547. The smallest absolute Gasteiger partial charge is 0.243 e. The largest absolute Gasteiger partial charge is 0.354 e. The maximum absolute atomic E-state index is 13.1. The van der Waals surface area contributed by atoms with Gasteiger partial charge in [-0.2, -0.15) is 4.31 Å². The highest BCUT2D eigenvalue weighted by molar-refractivity contribution is 7.89. The SMILES string of the molecule is Cc1nc2ccccc2n1CCNC(=O)C1CCN(S(=O)(=O)c2ccc(F)cc2)CC1. The van der Waals surface area contributed by atoms with Crippen LogP contribution < -0.4 is 5.32 Å².